The molecule has 0 aliphatic carbocycles. The average molecular weight is 394 g/mol. The van der Waals surface area contributed by atoms with E-state index in [1.54, 1.807) is 37.3 Å². The fourth-order valence-corrected chi connectivity index (χ4v) is 3.21. The molecule has 4 nitrogen and oxygen atoms in total. The van der Waals surface area contributed by atoms with Crippen LogP contribution in [0.15, 0.2) is 54.1 Å². The van der Waals surface area contributed by atoms with Crippen LogP contribution >= 0.6 is 0 Å². The highest BCUT2D eigenvalue weighted by molar-refractivity contribution is 6.28. The Kier molecular flexibility index (Phi) is 6.37. The molecule has 0 radical (unpaired) electrons. The standard InChI is InChI=1S/C25H31NO3/c1-8-17(22(28)16-12-10-9-11-13-16)23(29)26-20-15-21(27)19(25(5,6)7)14-18(20)24(2,3)4/h8-15,27H,1-7H3,(H,26,29)/b17-8+. The third-order valence-electron chi connectivity index (χ3n) is 4.81. The number of rotatable bonds is 4. The fourth-order valence-electron chi connectivity index (χ4n) is 3.21. The van der Waals surface area contributed by atoms with Gasteiger partial charge in [-0.2, -0.15) is 0 Å². The van der Waals surface area contributed by atoms with Crippen molar-refractivity contribution in [3.05, 3.63) is 70.8 Å². The molecule has 0 bridgehead atoms. The van der Waals surface area contributed by atoms with E-state index in [0.717, 1.165) is 11.1 Å². The van der Waals surface area contributed by atoms with E-state index in [-0.39, 0.29) is 27.9 Å². The van der Waals surface area contributed by atoms with Gasteiger partial charge in [0.05, 0.1) is 5.57 Å². The number of nitrogens with one attached hydrogen (secondary N) is 1. The van der Waals surface area contributed by atoms with Crippen molar-refractivity contribution in [2.75, 3.05) is 5.32 Å². The molecule has 2 N–H and O–H groups in total. The van der Waals surface area contributed by atoms with Gasteiger partial charge in [0.1, 0.15) is 5.75 Å². The van der Waals surface area contributed by atoms with E-state index in [9.17, 15) is 14.7 Å². The van der Waals surface area contributed by atoms with Crippen LogP contribution in [0.2, 0.25) is 0 Å². The second-order valence-corrected chi connectivity index (χ2v) is 9.27. The summed E-state index contributed by atoms with van der Waals surface area (Å²) in [6.45, 7) is 13.9. The number of amides is 1. The first-order valence-electron chi connectivity index (χ1n) is 9.81. The Balaban J connectivity index is 2.45. The minimum absolute atomic E-state index is 0.0652. The van der Waals surface area contributed by atoms with Gasteiger partial charge in [-0.15, -0.1) is 0 Å². The maximum absolute atomic E-state index is 12.9. The predicted molar refractivity (Wildman–Crippen MR) is 119 cm³/mol. The van der Waals surface area contributed by atoms with Gasteiger partial charge in [0.15, 0.2) is 5.78 Å². The molecule has 0 aromatic heterocycles. The van der Waals surface area contributed by atoms with Crippen LogP contribution in [0.1, 0.15) is 70.0 Å². The Morgan fingerprint density at radius 1 is 0.897 bits per heavy atom. The molecule has 2 aromatic carbocycles. The van der Waals surface area contributed by atoms with Crippen molar-refractivity contribution in [1.82, 2.24) is 0 Å². The van der Waals surface area contributed by atoms with E-state index in [2.05, 4.69) is 5.32 Å². The molecule has 0 aliphatic heterocycles. The Hall–Kier alpha value is -2.88. The number of carbonyl (C=O) groups is 2. The van der Waals surface area contributed by atoms with Crippen LogP contribution in [0.5, 0.6) is 5.75 Å². The second-order valence-electron chi connectivity index (χ2n) is 9.27. The summed E-state index contributed by atoms with van der Waals surface area (Å²) in [5.41, 5.74) is 2.23. The SMILES string of the molecule is C/C=C(/C(=O)Nc1cc(O)c(C(C)(C)C)cc1C(C)(C)C)C(=O)c1ccccc1. The zero-order chi connectivity index (χ0) is 22.0. The Labute approximate surface area is 173 Å². The minimum Gasteiger partial charge on any atom is -0.508 e. The van der Waals surface area contributed by atoms with Crippen LogP contribution < -0.4 is 5.32 Å². The number of allylic oxidation sites excluding steroid dienone is 1. The first kappa shape index (κ1) is 22.4. The molecule has 0 unspecified atom stereocenters. The maximum Gasteiger partial charge on any atom is 0.259 e. The molecule has 0 saturated carbocycles. The fraction of sp³-hybridized carbons (Fsp3) is 0.360. The quantitative estimate of drug-likeness (QED) is 0.301. The zero-order valence-electron chi connectivity index (χ0n) is 18.4. The van der Waals surface area contributed by atoms with Crippen molar-refractivity contribution >= 4 is 17.4 Å². The Morgan fingerprint density at radius 3 is 1.93 bits per heavy atom. The van der Waals surface area contributed by atoms with Crippen molar-refractivity contribution in [1.29, 1.82) is 0 Å². The van der Waals surface area contributed by atoms with Crippen LogP contribution in [-0.4, -0.2) is 16.8 Å². The summed E-state index contributed by atoms with van der Waals surface area (Å²) in [4.78, 5) is 25.7. The zero-order valence-corrected chi connectivity index (χ0v) is 18.4. The number of carbonyl (C=O) groups excluding carboxylic acids is 2. The highest BCUT2D eigenvalue weighted by Crippen LogP contribution is 2.39. The number of anilines is 1. The van der Waals surface area contributed by atoms with Gasteiger partial charge in [0, 0.05) is 17.3 Å². The minimum atomic E-state index is -0.491. The lowest BCUT2D eigenvalue weighted by molar-refractivity contribution is -0.112. The predicted octanol–water partition coefficient (Wildman–Crippen LogP) is 5.75. The van der Waals surface area contributed by atoms with Gasteiger partial charge in [-0.05, 0) is 34.9 Å². The summed E-state index contributed by atoms with van der Waals surface area (Å²) in [6.07, 6.45) is 1.52. The highest BCUT2D eigenvalue weighted by atomic mass is 16.3. The van der Waals surface area contributed by atoms with E-state index >= 15 is 0 Å². The van der Waals surface area contributed by atoms with Crippen molar-refractivity contribution in [3.8, 4) is 5.75 Å². The molecule has 0 atom stereocenters. The Morgan fingerprint density at radius 2 is 1.45 bits per heavy atom. The number of phenols is 1. The smallest absolute Gasteiger partial charge is 0.259 e. The lowest BCUT2D eigenvalue weighted by Gasteiger charge is -2.28. The molecule has 0 saturated heterocycles. The largest absolute Gasteiger partial charge is 0.508 e. The number of hydrogen-bond acceptors (Lipinski definition) is 3. The molecule has 29 heavy (non-hydrogen) atoms. The number of benzene rings is 2. The summed E-state index contributed by atoms with van der Waals surface area (Å²) in [7, 11) is 0. The van der Waals surface area contributed by atoms with E-state index in [4.69, 9.17) is 0 Å². The summed E-state index contributed by atoms with van der Waals surface area (Å²) in [5, 5.41) is 13.4. The topological polar surface area (TPSA) is 66.4 Å². The van der Waals surface area contributed by atoms with E-state index in [1.165, 1.54) is 6.08 Å². The molecular formula is C25H31NO3. The number of aromatic hydroxyl groups is 1. The molecule has 0 aliphatic rings. The molecular weight excluding hydrogens is 362 g/mol. The van der Waals surface area contributed by atoms with Gasteiger partial charge in [0.25, 0.3) is 5.91 Å². The average Bonchev–Trinajstić information content (AvgIpc) is 2.60. The first-order valence-corrected chi connectivity index (χ1v) is 9.81. The maximum atomic E-state index is 12.9. The number of ketones is 1. The van der Waals surface area contributed by atoms with Crippen molar-refractivity contribution in [2.24, 2.45) is 0 Å². The monoisotopic (exact) mass is 393 g/mol. The Bertz CT molecular complexity index is 943. The molecule has 154 valence electrons. The molecule has 0 spiro atoms. The molecule has 4 heteroatoms. The van der Waals surface area contributed by atoms with Crippen molar-refractivity contribution in [3.63, 3.8) is 0 Å². The van der Waals surface area contributed by atoms with Crippen LogP contribution in [-0.2, 0) is 15.6 Å². The molecule has 0 heterocycles. The van der Waals surface area contributed by atoms with Crippen molar-refractivity contribution < 1.29 is 14.7 Å². The summed E-state index contributed by atoms with van der Waals surface area (Å²) in [6, 6.07) is 12.2. The van der Waals surface area contributed by atoms with Crippen LogP contribution in [0.4, 0.5) is 5.69 Å². The van der Waals surface area contributed by atoms with Crippen LogP contribution in [0.25, 0.3) is 0 Å². The number of hydrogen-bond donors (Lipinski definition) is 2. The molecule has 2 rings (SSSR count). The summed E-state index contributed by atoms with van der Waals surface area (Å²) < 4.78 is 0. The number of Topliss-reactive ketones (excluding diaryl/α,β-unsaturated/α-hetero) is 1. The third-order valence-corrected chi connectivity index (χ3v) is 4.81. The van der Waals surface area contributed by atoms with Gasteiger partial charge in [-0.1, -0.05) is 78.0 Å². The lowest BCUT2D eigenvalue weighted by atomic mass is 9.79. The normalized spacial score (nSPS) is 12.6. The molecule has 2 aromatic rings. The van der Waals surface area contributed by atoms with Crippen LogP contribution in [0.3, 0.4) is 0 Å². The highest BCUT2D eigenvalue weighted by Gasteiger charge is 2.27. The van der Waals surface area contributed by atoms with E-state index in [1.807, 2.05) is 53.7 Å². The van der Waals surface area contributed by atoms with Crippen molar-refractivity contribution in [2.45, 2.75) is 59.3 Å². The van der Waals surface area contributed by atoms with Gasteiger partial charge in [0.2, 0.25) is 0 Å². The second kappa shape index (κ2) is 8.24. The molecule has 1 amide bonds. The lowest BCUT2D eigenvalue weighted by Crippen LogP contribution is -2.24. The molecule has 0 fully saturated rings. The summed E-state index contributed by atoms with van der Waals surface area (Å²) in [5.74, 6) is -0.703. The van der Waals surface area contributed by atoms with E-state index < -0.39 is 5.91 Å². The van der Waals surface area contributed by atoms with Gasteiger partial charge in [-0.25, -0.2) is 0 Å². The van der Waals surface area contributed by atoms with Gasteiger partial charge < -0.3 is 10.4 Å². The van der Waals surface area contributed by atoms with Gasteiger partial charge in [-0.3, -0.25) is 9.59 Å². The van der Waals surface area contributed by atoms with Gasteiger partial charge >= 0.3 is 0 Å². The third kappa shape index (κ3) is 5.14. The first-order chi connectivity index (χ1) is 13.4. The van der Waals surface area contributed by atoms with E-state index in [0.29, 0.717) is 11.3 Å². The summed E-state index contributed by atoms with van der Waals surface area (Å²) >= 11 is 0. The number of phenolic OH excluding ortho intramolecular Hbond substituents is 1. The van der Waals surface area contributed by atoms with Crippen LogP contribution in [0, 0.1) is 0 Å².